The van der Waals surface area contributed by atoms with Crippen molar-refractivity contribution >= 4 is 24.0 Å². The molecule has 0 unspecified atom stereocenters. The summed E-state index contributed by atoms with van der Waals surface area (Å²) in [5, 5.41) is 4.18. The topological polar surface area (TPSA) is 21.3 Å². The first kappa shape index (κ1) is 17.8. The highest BCUT2D eigenvalue weighted by Gasteiger charge is 2.46. The van der Waals surface area contributed by atoms with Crippen LogP contribution >= 0.6 is 24.0 Å². The van der Waals surface area contributed by atoms with Crippen LogP contribution in [0.4, 0.5) is 0 Å². The van der Waals surface area contributed by atoms with E-state index in [1.54, 1.807) is 0 Å². The van der Waals surface area contributed by atoms with Crippen molar-refractivity contribution in [3.8, 4) is 0 Å². The van der Waals surface area contributed by atoms with Crippen molar-refractivity contribution in [2.45, 2.75) is 43.4 Å². The van der Waals surface area contributed by atoms with Gasteiger partial charge in [0.15, 0.2) is 0 Å². The van der Waals surface area contributed by atoms with E-state index in [9.17, 15) is 0 Å². The minimum atomic E-state index is -0.117. The molecule has 4 rings (SSSR count). The fourth-order valence-electron chi connectivity index (χ4n) is 4.14. The summed E-state index contributed by atoms with van der Waals surface area (Å²) in [7, 11) is 2.06. The van der Waals surface area contributed by atoms with Gasteiger partial charge in [0.05, 0.1) is 5.60 Å². The molecule has 2 aromatic carbocycles. The van der Waals surface area contributed by atoms with Crippen LogP contribution in [-0.2, 0) is 10.3 Å². The quantitative estimate of drug-likeness (QED) is 0.787. The van der Waals surface area contributed by atoms with Gasteiger partial charge >= 0.3 is 0 Å². The number of fused-ring (bicyclic) bond motifs is 2. The second-order valence-electron chi connectivity index (χ2n) is 6.69. The van der Waals surface area contributed by atoms with E-state index in [1.807, 2.05) is 12.1 Å². The second-order valence-corrected chi connectivity index (χ2v) is 7.13. The maximum absolute atomic E-state index is 6.71. The maximum Gasteiger partial charge on any atom is 0.109 e. The Bertz CT molecular complexity index is 693. The van der Waals surface area contributed by atoms with Crippen molar-refractivity contribution in [2.24, 2.45) is 0 Å². The average molecular weight is 364 g/mol. The molecule has 1 aliphatic carbocycles. The largest absolute Gasteiger partial charge is 0.358 e. The molecule has 24 heavy (non-hydrogen) atoms. The van der Waals surface area contributed by atoms with Crippen molar-refractivity contribution in [2.75, 3.05) is 7.05 Å². The third-order valence-electron chi connectivity index (χ3n) is 5.45. The summed E-state index contributed by atoms with van der Waals surface area (Å²) in [6.45, 7) is 0. The van der Waals surface area contributed by atoms with E-state index in [0.29, 0.717) is 6.04 Å². The summed E-state index contributed by atoms with van der Waals surface area (Å²) < 4.78 is 6.71. The van der Waals surface area contributed by atoms with E-state index < -0.39 is 0 Å². The SMILES string of the molecule is CNC1CCC2(CC1)O[C@H](c1ccc(Cl)cc1)c1ccccc12.Cl. The van der Waals surface area contributed by atoms with E-state index >= 15 is 0 Å². The average Bonchev–Trinajstić information content (AvgIpc) is 2.91. The first-order valence-electron chi connectivity index (χ1n) is 8.42. The first-order chi connectivity index (χ1) is 11.2. The molecule has 4 heteroatoms. The molecule has 1 saturated carbocycles. The zero-order valence-electron chi connectivity index (χ0n) is 13.8. The van der Waals surface area contributed by atoms with Crippen molar-refractivity contribution in [1.29, 1.82) is 0 Å². The van der Waals surface area contributed by atoms with Crippen molar-refractivity contribution in [3.05, 3.63) is 70.2 Å². The molecule has 2 aliphatic rings. The molecule has 1 heterocycles. The molecule has 2 nitrogen and oxygen atoms in total. The summed E-state index contributed by atoms with van der Waals surface area (Å²) >= 11 is 6.04. The summed E-state index contributed by atoms with van der Waals surface area (Å²) in [4.78, 5) is 0. The lowest BCUT2D eigenvalue weighted by Crippen LogP contribution is -2.38. The number of ether oxygens (including phenoxy) is 1. The van der Waals surface area contributed by atoms with Gasteiger partial charge in [-0.1, -0.05) is 48.0 Å². The zero-order chi connectivity index (χ0) is 15.9. The Morgan fingerprint density at radius 1 is 1.04 bits per heavy atom. The summed E-state index contributed by atoms with van der Waals surface area (Å²) in [5.41, 5.74) is 3.77. The van der Waals surface area contributed by atoms with Crippen LogP contribution in [0.2, 0.25) is 5.02 Å². The minimum absolute atomic E-state index is 0. The third-order valence-corrected chi connectivity index (χ3v) is 5.70. The first-order valence-corrected chi connectivity index (χ1v) is 8.80. The fraction of sp³-hybridized carbons (Fsp3) is 0.400. The van der Waals surface area contributed by atoms with E-state index in [4.69, 9.17) is 16.3 Å². The highest BCUT2D eigenvalue weighted by molar-refractivity contribution is 6.30. The van der Waals surface area contributed by atoms with E-state index in [-0.39, 0.29) is 24.1 Å². The monoisotopic (exact) mass is 363 g/mol. The molecule has 1 fully saturated rings. The Morgan fingerprint density at radius 3 is 2.38 bits per heavy atom. The summed E-state index contributed by atoms with van der Waals surface area (Å²) in [6.07, 6.45) is 4.52. The van der Waals surface area contributed by atoms with Crippen LogP contribution in [0, 0.1) is 0 Å². The normalized spacial score (nSPS) is 28.4. The van der Waals surface area contributed by atoms with Gasteiger partial charge in [-0.25, -0.2) is 0 Å². The Kier molecular flexibility index (Phi) is 5.22. The lowest BCUT2D eigenvalue weighted by atomic mass is 9.77. The highest BCUT2D eigenvalue weighted by atomic mass is 35.5. The fourth-order valence-corrected chi connectivity index (χ4v) is 4.26. The Hall–Kier alpha value is -1.06. The molecule has 0 radical (unpaired) electrons. The van der Waals surface area contributed by atoms with Crippen LogP contribution in [0.1, 0.15) is 48.5 Å². The van der Waals surface area contributed by atoms with E-state index in [1.165, 1.54) is 16.7 Å². The van der Waals surface area contributed by atoms with Crippen molar-refractivity contribution in [1.82, 2.24) is 5.32 Å². The van der Waals surface area contributed by atoms with Gasteiger partial charge in [0.2, 0.25) is 0 Å². The molecule has 0 amide bonds. The van der Waals surface area contributed by atoms with Crippen LogP contribution in [0.25, 0.3) is 0 Å². The lowest BCUT2D eigenvalue weighted by Gasteiger charge is -2.38. The number of halogens is 2. The lowest BCUT2D eigenvalue weighted by molar-refractivity contribution is -0.0878. The Labute approximate surface area is 155 Å². The minimum Gasteiger partial charge on any atom is -0.358 e. The van der Waals surface area contributed by atoms with Crippen LogP contribution in [0.15, 0.2) is 48.5 Å². The van der Waals surface area contributed by atoms with Crippen LogP contribution in [-0.4, -0.2) is 13.1 Å². The number of benzene rings is 2. The molecule has 1 N–H and O–H groups in total. The predicted molar refractivity (Wildman–Crippen MR) is 101 cm³/mol. The second kappa shape index (κ2) is 7.05. The van der Waals surface area contributed by atoms with Crippen LogP contribution < -0.4 is 5.32 Å². The Morgan fingerprint density at radius 2 is 1.71 bits per heavy atom. The molecule has 1 atom stereocenters. The maximum atomic E-state index is 6.71. The number of hydrogen-bond acceptors (Lipinski definition) is 2. The van der Waals surface area contributed by atoms with Gasteiger partial charge in [0.25, 0.3) is 0 Å². The van der Waals surface area contributed by atoms with Gasteiger partial charge in [-0.15, -0.1) is 12.4 Å². The van der Waals surface area contributed by atoms with Crippen molar-refractivity contribution < 1.29 is 4.74 Å². The van der Waals surface area contributed by atoms with E-state index in [0.717, 1.165) is 30.7 Å². The molecular formula is C20H23Cl2NO. The molecular weight excluding hydrogens is 341 g/mol. The summed E-state index contributed by atoms with van der Waals surface area (Å²) in [6, 6.07) is 17.4. The molecule has 0 aromatic heterocycles. The predicted octanol–water partition coefficient (Wildman–Crippen LogP) is 5.24. The van der Waals surface area contributed by atoms with Crippen LogP contribution in [0.3, 0.4) is 0 Å². The van der Waals surface area contributed by atoms with Gasteiger partial charge in [-0.2, -0.15) is 0 Å². The van der Waals surface area contributed by atoms with Gasteiger partial charge in [-0.05, 0) is 61.6 Å². The number of rotatable bonds is 2. The smallest absolute Gasteiger partial charge is 0.109 e. The number of nitrogens with one attached hydrogen (secondary N) is 1. The molecule has 0 saturated heterocycles. The third kappa shape index (κ3) is 2.97. The zero-order valence-corrected chi connectivity index (χ0v) is 15.4. The molecule has 0 bridgehead atoms. The molecule has 2 aromatic rings. The van der Waals surface area contributed by atoms with Crippen LogP contribution in [0.5, 0.6) is 0 Å². The van der Waals surface area contributed by atoms with Gasteiger partial charge in [0, 0.05) is 11.1 Å². The Balaban J connectivity index is 0.00000169. The van der Waals surface area contributed by atoms with Gasteiger partial charge < -0.3 is 10.1 Å². The summed E-state index contributed by atoms with van der Waals surface area (Å²) in [5.74, 6) is 0. The highest BCUT2D eigenvalue weighted by Crippen LogP contribution is 2.53. The van der Waals surface area contributed by atoms with Gasteiger partial charge in [0.1, 0.15) is 6.10 Å². The standard InChI is InChI=1S/C20H22ClNO.ClH/c1-22-16-10-12-20(13-11-16)18-5-3-2-4-17(18)19(23-20)14-6-8-15(21)9-7-14;/h2-9,16,19,22H,10-13H2,1H3;1H/t16?,19-,20?;/m1./s1. The molecule has 128 valence electrons. The number of hydrogen-bond donors (Lipinski definition) is 1. The molecule has 1 spiro atoms. The van der Waals surface area contributed by atoms with Gasteiger partial charge in [-0.3, -0.25) is 0 Å². The van der Waals surface area contributed by atoms with E-state index in [2.05, 4.69) is 48.8 Å². The molecule has 1 aliphatic heterocycles. The van der Waals surface area contributed by atoms with Crippen molar-refractivity contribution in [3.63, 3.8) is 0 Å².